The van der Waals surface area contributed by atoms with Crippen molar-refractivity contribution in [2.24, 2.45) is 0 Å². The SMILES string of the molecule is Cc1cccc(N2CCN(C(=O)CN(C)Cc3ccccc3)CC2)c1C. The summed E-state index contributed by atoms with van der Waals surface area (Å²) >= 11 is 0. The van der Waals surface area contributed by atoms with E-state index in [4.69, 9.17) is 0 Å². The van der Waals surface area contributed by atoms with E-state index in [9.17, 15) is 4.79 Å². The molecular weight excluding hydrogens is 322 g/mol. The lowest BCUT2D eigenvalue weighted by Crippen LogP contribution is -2.51. The highest BCUT2D eigenvalue weighted by Crippen LogP contribution is 2.23. The Hall–Kier alpha value is -2.33. The van der Waals surface area contributed by atoms with Crippen molar-refractivity contribution in [2.75, 3.05) is 44.7 Å². The third-order valence-electron chi connectivity index (χ3n) is 5.25. The Morgan fingerprint density at radius 2 is 1.65 bits per heavy atom. The van der Waals surface area contributed by atoms with Gasteiger partial charge in [-0.3, -0.25) is 9.69 Å². The first kappa shape index (κ1) is 18.5. The quantitative estimate of drug-likeness (QED) is 0.828. The molecule has 0 aromatic heterocycles. The third-order valence-corrected chi connectivity index (χ3v) is 5.25. The number of rotatable bonds is 5. The van der Waals surface area contributed by atoms with Crippen LogP contribution >= 0.6 is 0 Å². The van der Waals surface area contributed by atoms with Crippen molar-refractivity contribution in [1.29, 1.82) is 0 Å². The van der Waals surface area contributed by atoms with Gasteiger partial charge in [-0.2, -0.15) is 0 Å². The van der Waals surface area contributed by atoms with E-state index in [2.05, 4.69) is 54.0 Å². The van der Waals surface area contributed by atoms with Crippen molar-refractivity contribution >= 4 is 11.6 Å². The summed E-state index contributed by atoms with van der Waals surface area (Å²) in [6, 6.07) is 16.8. The maximum atomic E-state index is 12.6. The Balaban J connectivity index is 1.51. The third kappa shape index (κ3) is 4.44. The Bertz CT molecular complexity index is 736. The zero-order chi connectivity index (χ0) is 18.5. The molecule has 0 saturated carbocycles. The first-order chi connectivity index (χ1) is 12.5. The van der Waals surface area contributed by atoms with Crippen LogP contribution in [0.5, 0.6) is 0 Å². The molecule has 0 atom stereocenters. The minimum absolute atomic E-state index is 0.226. The number of aryl methyl sites for hydroxylation is 1. The van der Waals surface area contributed by atoms with E-state index in [0.717, 1.165) is 32.7 Å². The van der Waals surface area contributed by atoms with Gasteiger partial charge >= 0.3 is 0 Å². The second-order valence-electron chi connectivity index (χ2n) is 7.24. The molecule has 3 rings (SSSR count). The highest BCUT2D eigenvalue weighted by molar-refractivity contribution is 5.78. The number of nitrogens with zero attached hydrogens (tertiary/aromatic N) is 3. The maximum Gasteiger partial charge on any atom is 0.236 e. The van der Waals surface area contributed by atoms with Crippen LogP contribution in [0.2, 0.25) is 0 Å². The van der Waals surface area contributed by atoms with Crippen LogP contribution in [-0.4, -0.2) is 55.5 Å². The molecular formula is C22H29N3O. The first-order valence-corrected chi connectivity index (χ1v) is 9.36. The van der Waals surface area contributed by atoms with E-state index in [-0.39, 0.29) is 5.91 Å². The topological polar surface area (TPSA) is 26.8 Å². The summed E-state index contributed by atoms with van der Waals surface area (Å²) in [5, 5.41) is 0. The second-order valence-corrected chi connectivity index (χ2v) is 7.24. The number of anilines is 1. The predicted octanol–water partition coefficient (Wildman–Crippen LogP) is 3.08. The van der Waals surface area contributed by atoms with Crippen LogP contribution in [0, 0.1) is 13.8 Å². The van der Waals surface area contributed by atoms with Gasteiger partial charge in [0.05, 0.1) is 6.54 Å². The first-order valence-electron chi connectivity index (χ1n) is 9.36. The van der Waals surface area contributed by atoms with Crippen LogP contribution in [0.25, 0.3) is 0 Å². The molecule has 1 saturated heterocycles. The summed E-state index contributed by atoms with van der Waals surface area (Å²) in [5.74, 6) is 0.226. The molecule has 1 heterocycles. The molecule has 0 unspecified atom stereocenters. The molecule has 26 heavy (non-hydrogen) atoms. The summed E-state index contributed by atoms with van der Waals surface area (Å²) < 4.78 is 0. The Labute approximate surface area is 157 Å². The van der Waals surface area contributed by atoms with Crippen LogP contribution in [0.15, 0.2) is 48.5 Å². The van der Waals surface area contributed by atoms with Crippen molar-refractivity contribution in [2.45, 2.75) is 20.4 Å². The standard InChI is InChI=1S/C22H29N3O/c1-18-8-7-11-21(19(18)2)24-12-14-25(15-13-24)22(26)17-23(3)16-20-9-5-4-6-10-20/h4-11H,12-17H2,1-3H3. The van der Waals surface area contributed by atoms with Crippen molar-refractivity contribution < 1.29 is 4.79 Å². The fourth-order valence-electron chi connectivity index (χ4n) is 3.56. The number of hydrogen-bond acceptors (Lipinski definition) is 3. The van der Waals surface area contributed by atoms with E-state index in [0.29, 0.717) is 6.54 Å². The Kier molecular flexibility index (Phi) is 5.94. The highest BCUT2D eigenvalue weighted by atomic mass is 16.2. The van der Waals surface area contributed by atoms with Gasteiger partial charge in [0.2, 0.25) is 5.91 Å². The van der Waals surface area contributed by atoms with Crippen molar-refractivity contribution in [3.05, 3.63) is 65.2 Å². The summed E-state index contributed by atoms with van der Waals surface area (Å²) in [4.78, 5) is 19.1. The number of hydrogen-bond donors (Lipinski definition) is 0. The van der Waals surface area contributed by atoms with E-state index >= 15 is 0 Å². The maximum absolute atomic E-state index is 12.6. The van der Waals surface area contributed by atoms with Gasteiger partial charge in [-0.1, -0.05) is 42.5 Å². The largest absolute Gasteiger partial charge is 0.368 e. The van der Waals surface area contributed by atoms with Crippen LogP contribution in [-0.2, 0) is 11.3 Å². The second kappa shape index (κ2) is 8.37. The molecule has 1 aliphatic heterocycles. The minimum Gasteiger partial charge on any atom is -0.368 e. The predicted molar refractivity (Wildman–Crippen MR) is 107 cm³/mol. The van der Waals surface area contributed by atoms with Crippen LogP contribution in [0.3, 0.4) is 0 Å². The zero-order valence-corrected chi connectivity index (χ0v) is 16.1. The molecule has 1 amide bonds. The van der Waals surface area contributed by atoms with Crippen LogP contribution in [0.4, 0.5) is 5.69 Å². The van der Waals surface area contributed by atoms with Gasteiger partial charge < -0.3 is 9.80 Å². The number of benzene rings is 2. The number of likely N-dealkylation sites (N-methyl/N-ethyl adjacent to an activating group) is 1. The molecule has 0 bridgehead atoms. The molecule has 4 nitrogen and oxygen atoms in total. The van der Waals surface area contributed by atoms with Gasteiger partial charge in [-0.25, -0.2) is 0 Å². The molecule has 4 heteroatoms. The van der Waals surface area contributed by atoms with E-state index in [1.165, 1.54) is 22.4 Å². The lowest BCUT2D eigenvalue weighted by atomic mass is 10.1. The van der Waals surface area contributed by atoms with Crippen molar-refractivity contribution in [3.63, 3.8) is 0 Å². The fraction of sp³-hybridized carbons (Fsp3) is 0.409. The average molecular weight is 351 g/mol. The zero-order valence-electron chi connectivity index (χ0n) is 16.1. The van der Waals surface area contributed by atoms with E-state index < -0.39 is 0 Å². The van der Waals surface area contributed by atoms with Gasteiger partial charge in [0, 0.05) is 38.4 Å². The van der Waals surface area contributed by atoms with Gasteiger partial charge in [0.15, 0.2) is 0 Å². The number of carbonyl (C=O) groups excluding carboxylic acids is 1. The van der Waals surface area contributed by atoms with Gasteiger partial charge in [0.1, 0.15) is 0 Å². The molecule has 1 fully saturated rings. The summed E-state index contributed by atoms with van der Waals surface area (Å²) in [7, 11) is 2.01. The molecule has 2 aromatic carbocycles. The smallest absolute Gasteiger partial charge is 0.236 e. The molecule has 0 N–H and O–H groups in total. The monoisotopic (exact) mass is 351 g/mol. The molecule has 0 aliphatic carbocycles. The summed E-state index contributed by atoms with van der Waals surface area (Å²) in [6.07, 6.45) is 0. The normalized spacial score (nSPS) is 14.8. The van der Waals surface area contributed by atoms with Crippen molar-refractivity contribution in [1.82, 2.24) is 9.80 Å². The molecule has 2 aromatic rings. The summed E-state index contributed by atoms with van der Waals surface area (Å²) in [5.41, 5.74) is 5.21. The van der Waals surface area contributed by atoms with Crippen LogP contribution in [0.1, 0.15) is 16.7 Å². The van der Waals surface area contributed by atoms with Gasteiger partial charge in [-0.05, 0) is 43.7 Å². The lowest BCUT2D eigenvalue weighted by molar-refractivity contribution is -0.132. The Morgan fingerprint density at radius 3 is 2.35 bits per heavy atom. The molecule has 0 spiro atoms. The molecule has 0 radical (unpaired) electrons. The number of piperazine rings is 1. The number of amides is 1. The lowest BCUT2D eigenvalue weighted by Gasteiger charge is -2.37. The minimum atomic E-state index is 0.226. The van der Waals surface area contributed by atoms with Crippen LogP contribution < -0.4 is 4.90 Å². The van der Waals surface area contributed by atoms with Gasteiger partial charge in [0.25, 0.3) is 0 Å². The van der Waals surface area contributed by atoms with E-state index in [1.807, 2.05) is 30.1 Å². The Morgan fingerprint density at radius 1 is 0.962 bits per heavy atom. The molecule has 138 valence electrons. The van der Waals surface area contributed by atoms with Gasteiger partial charge in [-0.15, -0.1) is 0 Å². The highest BCUT2D eigenvalue weighted by Gasteiger charge is 2.23. The van der Waals surface area contributed by atoms with E-state index in [1.54, 1.807) is 0 Å². The molecule has 1 aliphatic rings. The fourth-order valence-corrected chi connectivity index (χ4v) is 3.56. The van der Waals surface area contributed by atoms with Crippen molar-refractivity contribution in [3.8, 4) is 0 Å². The average Bonchev–Trinajstić information content (AvgIpc) is 2.65. The number of carbonyl (C=O) groups is 1. The summed E-state index contributed by atoms with van der Waals surface area (Å²) in [6.45, 7) is 9.00.